The summed E-state index contributed by atoms with van der Waals surface area (Å²) in [6.07, 6.45) is 0.593. The molecule has 0 saturated carbocycles. The summed E-state index contributed by atoms with van der Waals surface area (Å²) in [4.78, 5) is -1.55. The highest BCUT2D eigenvalue weighted by molar-refractivity contribution is 7.93. The van der Waals surface area contributed by atoms with Gasteiger partial charge in [-0.1, -0.05) is 24.3 Å². The van der Waals surface area contributed by atoms with E-state index in [4.69, 9.17) is 5.73 Å². The number of rotatable bonds is 5. The lowest BCUT2D eigenvalue weighted by atomic mass is 10.2. The molecule has 23 heavy (non-hydrogen) atoms. The van der Waals surface area contributed by atoms with Gasteiger partial charge in [-0.05, 0) is 42.8 Å². The van der Waals surface area contributed by atoms with Crippen molar-refractivity contribution in [1.29, 1.82) is 0 Å². The summed E-state index contributed by atoms with van der Waals surface area (Å²) >= 11 is 0. The molecule has 0 saturated heterocycles. The van der Waals surface area contributed by atoms with Crippen LogP contribution in [0.2, 0.25) is 0 Å². The Morgan fingerprint density at radius 1 is 0.870 bits per heavy atom. The Balaban J connectivity index is 0.00000264. The first-order chi connectivity index (χ1) is 10.3. The normalized spacial score (nSPS) is 11.7. The van der Waals surface area contributed by atoms with E-state index in [2.05, 4.69) is 0 Å². The largest absolute Gasteiger partial charge is 0.333 e. The maximum atomic E-state index is 13.3. The predicted octanol–water partition coefficient (Wildman–Crippen LogP) is 2.10. The smallest absolute Gasteiger partial charge is 0.330 e. The van der Waals surface area contributed by atoms with Crippen molar-refractivity contribution in [3.63, 3.8) is 0 Å². The van der Waals surface area contributed by atoms with Crippen molar-refractivity contribution in [3.8, 4) is 0 Å². The highest BCUT2D eigenvalue weighted by atomic mass is 35.5. The van der Waals surface area contributed by atoms with Crippen molar-refractivity contribution in [3.05, 3.63) is 54.1 Å². The standard InChI is InChI=1S/C14H14FNO4S2.ClH/c15-22(19,20)14-4-2-1-3-13(14)21(17,18)12-7-5-11(6-8-12)9-10-16;/h1-8H,9-10,16H2;1H. The minimum Gasteiger partial charge on any atom is -0.330 e. The molecule has 0 heterocycles. The molecule has 2 aromatic rings. The van der Waals surface area contributed by atoms with Gasteiger partial charge in [-0.25, -0.2) is 8.42 Å². The van der Waals surface area contributed by atoms with Gasteiger partial charge in [0.1, 0.15) is 4.90 Å². The zero-order valence-corrected chi connectivity index (χ0v) is 14.3. The number of hydrogen-bond acceptors (Lipinski definition) is 5. The molecule has 5 nitrogen and oxygen atoms in total. The molecule has 0 radical (unpaired) electrons. The van der Waals surface area contributed by atoms with E-state index in [9.17, 15) is 20.7 Å². The molecule has 0 aliphatic carbocycles. The van der Waals surface area contributed by atoms with Crippen molar-refractivity contribution < 1.29 is 20.7 Å². The van der Waals surface area contributed by atoms with Gasteiger partial charge < -0.3 is 5.73 Å². The Labute approximate surface area is 140 Å². The summed E-state index contributed by atoms with van der Waals surface area (Å²) < 4.78 is 60.6. The monoisotopic (exact) mass is 379 g/mol. The average molecular weight is 380 g/mol. The van der Waals surface area contributed by atoms with Crippen LogP contribution in [-0.2, 0) is 26.5 Å². The number of sulfone groups is 1. The van der Waals surface area contributed by atoms with E-state index in [-0.39, 0.29) is 17.3 Å². The lowest BCUT2D eigenvalue weighted by Crippen LogP contribution is -2.08. The fourth-order valence-corrected chi connectivity index (χ4v) is 4.52. The topological polar surface area (TPSA) is 94.3 Å². The predicted molar refractivity (Wildman–Crippen MR) is 86.6 cm³/mol. The zero-order valence-electron chi connectivity index (χ0n) is 11.8. The molecule has 0 unspecified atom stereocenters. The van der Waals surface area contributed by atoms with Crippen LogP contribution < -0.4 is 5.73 Å². The third-order valence-corrected chi connectivity index (χ3v) is 5.91. The third kappa shape index (κ3) is 4.29. The Hall–Kier alpha value is -1.48. The summed E-state index contributed by atoms with van der Waals surface area (Å²) in [5.41, 5.74) is 6.27. The van der Waals surface area contributed by atoms with E-state index in [1.54, 1.807) is 12.1 Å². The summed E-state index contributed by atoms with van der Waals surface area (Å²) in [6, 6.07) is 10.5. The quantitative estimate of drug-likeness (QED) is 0.803. The fourth-order valence-electron chi connectivity index (χ4n) is 2.00. The second-order valence-electron chi connectivity index (χ2n) is 4.57. The number of halogens is 2. The van der Waals surface area contributed by atoms with Crippen LogP contribution in [0.25, 0.3) is 0 Å². The van der Waals surface area contributed by atoms with Gasteiger partial charge in [0.15, 0.2) is 0 Å². The van der Waals surface area contributed by atoms with E-state index >= 15 is 0 Å². The van der Waals surface area contributed by atoms with Gasteiger partial charge in [-0.3, -0.25) is 0 Å². The summed E-state index contributed by atoms with van der Waals surface area (Å²) in [5, 5.41) is 0. The van der Waals surface area contributed by atoms with Crippen molar-refractivity contribution in [2.75, 3.05) is 6.54 Å². The summed E-state index contributed by atoms with van der Waals surface area (Å²) in [7, 11) is -9.27. The van der Waals surface area contributed by atoms with E-state index in [1.807, 2.05) is 0 Å². The first kappa shape index (κ1) is 19.6. The summed E-state index contributed by atoms with van der Waals surface area (Å²) in [6.45, 7) is 0.426. The number of nitrogens with two attached hydrogens (primary N) is 1. The van der Waals surface area contributed by atoms with Gasteiger partial charge in [-0.2, -0.15) is 8.42 Å². The van der Waals surface area contributed by atoms with Crippen LogP contribution in [0.4, 0.5) is 3.89 Å². The highest BCUT2D eigenvalue weighted by Crippen LogP contribution is 2.28. The molecule has 0 aliphatic heterocycles. The second-order valence-corrected chi connectivity index (χ2v) is 7.80. The maximum absolute atomic E-state index is 13.3. The summed E-state index contributed by atoms with van der Waals surface area (Å²) in [5.74, 6) is 0. The van der Waals surface area contributed by atoms with Gasteiger partial charge >= 0.3 is 10.2 Å². The van der Waals surface area contributed by atoms with Gasteiger partial charge in [0.2, 0.25) is 9.84 Å². The Morgan fingerprint density at radius 3 is 1.87 bits per heavy atom. The number of hydrogen-bond donors (Lipinski definition) is 1. The average Bonchev–Trinajstić information content (AvgIpc) is 2.47. The number of benzene rings is 2. The van der Waals surface area contributed by atoms with Crippen LogP contribution in [0, 0.1) is 0 Å². The van der Waals surface area contributed by atoms with Crippen molar-refractivity contribution in [2.24, 2.45) is 5.73 Å². The van der Waals surface area contributed by atoms with Crippen LogP contribution in [0.1, 0.15) is 5.56 Å². The van der Waals surface area contributed by atoms with Gasteiger partial charge in [0, 0.05) is 0 Å². The molecule has 0 atom stereocenters. The van der Waals surface area contributed by atoms with Crippen LogP contribution in [0.5, 0.6) is 0 Å². The second kappa shape index (κ2) is 7.39. The Bertz CT molecular complexity index is 881. The molecule has 0 spiro atoms. The van der Waals surface area contributed by atoms with Crippen molar-refractivity contribution >= 4 is 32.5 Å². The SMILES string of the molecule is Cl.NCCc1ccc(S(=O)(=O)c2ccccc2S(=O)(=O)F)cc1. The van der Waals surface area contributed by atoms with E-state index in [0.29, 0.717) is 13.0 Å². The minimum absolute atomic E-state index is 0. The first-order valence-corrected chi connectivity index (χ1v) is 9.21. The Kier molecular flexibility index (Phi) is 6.29. The van der Waals surface area contributed by atoms with Crippen molar-refractivity contribution in [2.45, 2.75) is 21.1 Å². The third-order valence-electron chi connectivity index (χ3n) is 3.07. The van der Waals surface area contributed by atoms with E-state index < -0.39 is 29.9 Å². The lowest BCUT2D eigenvalue weighted by Gasteiger charge is -2.08. The van der Waals surface area contributed by atoms with Crippen LogP contribution in [-0.4, -0.2) is 23.4 Å². The van der Waals surface area contributed by atoms with Gasteiger partial charge in [-0.15, -0.1) is 16.3 Å². The maximum Gasteiger partial charge on any atom is 0.333 e. The van der Waals surface area contributed by atoms with Gasteiger partial charge in [0.25, 0.3) is 0 Å². The van der Waals surface area contributed by atoms with E-state index in [0.717, 1.165) is 17.7 Å². The van der Waals surface area contributed by atoms with Gasteiger partial charge in [0.05, 0.1) is 9.79 Å². The molecule has 9 heteroatoms. The van der Waals surface area contributed by atoms with E-state index in [1.165, 1.54) is 24.3 Å². The molecular formula is C14H15ClFNO4S2. The molecule has 0 bridgehead atoms. The molecule has 0 fully saturated rings. The van der Waals surface area contributed by atoms with Crippen LogP contribution >= 0.6 is 12.4 Å². The Morgan fingerprint density at radius 2 is 1.39 bits per heavy atom. The molecule has 126 valence electrons. The first-order valence-electron chi connectivity index (χ1n) is 6.34. The lowest BCUT2D eigenvalue weighted by molar-refractivity contribution is 0.546. The molecule has 0 aliphatic rings. The highest BCUT2D eigenvalue weighted by Gasteiger charge is 2.27. The van der Waals surface area contributed by atoms with Crippen LogP contribution in [0.3, 0.4) is 0 Å². The molecular weight excluding hydrogens is 365 g/mol. The zero-order chi connectivity index (χ0) is 16.4. The molecule has 0 aromatic heterocycles. The van der Waals surface area contributed by atoms with Crippen molar-refractivity contribution in [1.82, 2.24) is 0 Å². The fraction of sp³-hybridized carbons (Fsp3) is 0.143. The minimum atomic E-state index is -5.14. The molecule has 2 N–H and O–H groups in total. The molecule has 2 aromatic carbocycles. The molecule has 2 rings (SSSR count). The molecule has 0 amide bonds. The van der Waals surface area contributed by atoms with Crippen LogP contribution in [0.15, 0.2) is 63.2 Å².